The number of aromatic carboxylic acids is 1. The molecule has 0 bridgehead atoms. The van der Waals surface area contributed by atoms with Crippen molar-refractivity contribution >= 4 is 11.9 Å². The van der Waals surface area contributed by atoms with Crippen LogP contribution >= 0.6 is 0 Å². The van der Waals surface area contributed by atoms with Crippen LogP contribution in [0.4, 0.5) is 0 Å². The summed E-state index contributed by atoms with van der Waals surface area (Å²) in [4.78, 5) is 23.3. The number of aryl methyl sites for hydroxylation is 2. The Hall–Kier alpha value is -7.52. The third kappa shape index (κ3) is 9.43. The van der Waals surface area contributed by atoms with Crippen LogP contribution in [0.3, 0.4) is 0 Å². The minimum Gasteiger partial charge on any atom is -0.476 e. The average Bonchev–Trinajstić information content (AvgIpc) is 4.10. The van der Waals surface area contributed by atoms with E-state index in [9.17, 15) is 9.59 Å². The zero-order chi connectivity index (χ0) is 40.6. The first-order valence-electron chi connectivity index (χ1n) is 19.1. The van der Waals surface area contributed by atoms with Crippen LogP contribution in [0, 0.1) is 0 Å². The van der Waals surface area contributed by atoms with Gasteiger partial charge >= 0.3 is 5.97 Å². The van der Waals surface area contributed by atoms with Gasteiger partial charge in [0.05, 0.1) is 23.5 Å². The number of hydrogen-bond donors (Lipinski definition) is 3. The second kappa shape index (κ2) is 18.8. The normalized spacial score (nSPS) is 14.7. The van der Waals surface area contributed by atoms with Gasteiger partial charge in [-0.15, -0.1) is 20.4 Å². The van der Waals surface area contributed by atoms with E-state index in [0.717, 1.165) is 59.8 Å². The van der Waals surface area contributed by atoms with Crippen molar-refractivity contribution < 1.29 is 23.7 Å². The summed E-state index contributed by atoms with van der Waals surface area (Å²) in [7, 11) is 0. The summed E-state index contributed by atoms with van der Waals surface area (Å²) in [5.41, 5.74) is 13.1. The van der Waals surface area contributed by atoms with E-state index in [-0.39, 0.29) is 36.8 Å². The topological polar surface area (TPSA) is 206 Å². The van der Waals surface area contributed by atoms with Gasteiger partial charge in [-0.2, -0.15) is 0 Å². The Balaban J connectivity index is 0.000000148. The van der Waals surface area contributed by atoms with Crippen LogP contribution in [0.1, 0.15) is 98.8 Å². The van der Waals surface area contributed by atoms with Gasteiger partial charge in [0.25, 0.3) is 5.91 Å². The minimum atomic E-state index is -1.07. The van der Waals surface area contributed by atoms with E-state index in [1.807, 2.05) is 94.1 Å². The van der Waals surface area contributed by atoms with E-state index in [1.165, 1.54) is 17.2 Å². The number of aromatic nitrogens is 8. The largest absolute Gasteiger partial charge is 0.476 e. The lowest BCUT2D eigenvalue weighted by Gasteiger charge is -2.14. The maximum atomic E-state index is 12.8. The summed E-state index contributed by atoms with van der Waals surface area (Å²) < 4.78 is 14.2. The number of nitrogens with one attached hydrogen (secondary N) is 1. The minimum absolute atomic E-state index is 0. The fraction of sp³-hybridized carbons (Fsp3) is 0.200. The maximum absolute atomic E-state index is 12.8. The second-order valence-electron chi connectivity index (χ2n) is 14.1. The highest BCUT2D eigenvalue weighted by Crippen LogP contribution is 2.29. The molecule has 4 N–H and O–H groups in total. The molecule has 4 aromatic carbocycles. The lowest BCUT2D eigenvalue weighted by Crippen LogP contribution is -2.30. The number of para-hydroxylation sites is 2. The van der Waals surface area contributed by atoms with E-state index >= 15 is 0 Å². The van der Waals surface area contributed by atoms with Crippen LogP contribution in [0.25, 0.3) is 11.4 Å². The Morgan fingerprint density at radius 1 is 0.667 bits per heavy atom. The van der Waals surface area contributed by atoms with Crippen LogP contribution < -0.4 is 11.1 Å². The zero-order valence-corrected chi connectivity index (χ0v) is 31.8. The molecule has 2 atom stereocenters. The smallest absolute Gasteiger partial charge is 0.358 e. The molecule has 10 rings (SSSR count). The quantitative estimate of drug-likeness (QED) is 0.148. The molecule has 4 aromatic heterocycles. The predicted molar refractivity (Wildman–Crippen MR) is 222 cm³/mol. The van der Waals surface area contributed by atoms with Gasteiger partial charge in [-0.1, -0.05) is 115 Å². The first-order chi connectivity index (χ1) is 28.9. The van der Waals surface area contributed by atoms with Gasteiger partial charge in [-0.3, -0.25) is 13.9 Å². The molecule has 15 nitrogen and oxygen atoms in total. The molecule has 0 radical (unpaired) electrons. The number of rotatable bonds is 7. The Labute approximate surface area is 345 Å². The molecule has 0 saturated carbocycles. The number of benzene rings is 4. The van der Waals surface area contributed by atoms with Gasteiger partial charge < -0.3 is 25.2 Å². The van der Waals surface area contributed by atoms with Crippen molar-refractivity contribution in [2.45, 2.75) is 58.0 Å². The number of carboxylic acid groups (broad SMARTS) is 1. The van der Waals surface area contributed by atoms with E-state index in [2.05, 4.69) is 60.3 Å². The summed E-state index contributed by atoms with van der Waals surface area (Å²) in [5.74, 6) is 1.43. The number of fused-ring (bicyclic) bond motifs is 6. The van der Waals surface area contributed by atoms with Crippen molar-refractivity contribution in [2.75, 3.05) is 0 Å². The molecule has 15 heteroatoms. The van der Waals surface area contributed by atoms with Gasteiger partial charge in [0.15, 0.2) is 23.0 Å². The molecule has 0 spiro atoms. The van der Waals surface area contributed by atoms with Crippen LogP contribution in [-0.2, 0) is 25.7 Å². The van der Waals surface area contributed by atoms with Gasteiger partial charge in [0.1, 0.15) is 24.2 Å². The molecule has 304 valence electrons. The number of carboxylic acids is 1. The molecular weight excluding hydrogens is 761 g/mol. The maximum Gasteiger partial charge on any atom is 0.358 e. The van der Waals surface area contributed by atoms with E-state index in [4.69, 9.17) is 19.9 Å². The van der Waals surface area contributed by atoms with Gasteiger partial charge in [-0.05, 0) is 60.1 Å². The van der Waals surface area contributed by atoms with Crippen molar-refractivity contribution in [3.05, 3.63) is 191 Å². The Morgan fingerprint density at radius 3 is 1.72 bits per heavy atom. The summed E-state index contributed by atoms with van der Waals surface area (Å²) in [6.45, 7) is 0. The molecule has 0 saturated heterocycles. The molecule has 8 aromatic rings. The van der Waals surface area contributed by atoms with Crippen molar-refractivity contribution in [3.8, 4) is 11.4 Å². The Kier molecular flexibility index (Phi) is 12.8. The third-order valence-corrected chi connectivity index (χ3v) is 10.0. The number of carbonyl (C=O) groups is 2. The highest BCUT2D eigenvalue weighted by Gasteiger charge is 2.27. The Bertz CT molecular complexity index is 2650. The van der Waals surface area contributed by atoms with Crippen molar-refractivity contribution in [1.82, 2.24) is 45.2 Å². The van der Waals surface area contributed by atoms with Crippen LogP contribution in [0.15, 0.2) is 143 Å². The van der Waals surface area contributed by atoms with Gasteiger partial charge in [0.2, 0.25) is 0 Å². The molecule has 2 aliphatic rings. The van der Waals surface area contributed by atoms with Crippen LogP contribution in [0.5, 0.6) is 0 Å². The van der Waals surface area contributed by atoms with Crippen molar-refractivity contribution in [2.24, 2.45) is 5.73 Å². The zero-order valence-electron chi connectivity index (χ0n) is 31.8. The van der Waals surface area contributed by atoms with Gasteiger partial charge in [0, 0.05) is 25.0 Å². The number of nitrogens with two attached hydrogens (primary N) is 1. The fourth-order valence-corrected chi connectivity index (χ4v) is 7.10. The number of carbonyl (C=O) groups excluding carboxylic acids is 1. The van der Waals surface area contributed by atoms with Crippen molar-refractivity contribution in [3.63, 3.8) is 0 Å². The molecule has 0 aliphatic carbocycles. The molecule has 60 heavy (non-hydrogen) atoms. The first kappa shape index (κ1) is 40.7. The van der Waals surface area contributed by atoms with Crippen LogP contribution in [-0.4, -0.2) is 56.8 Å². The molecule has 0 fully saturated rings. The summed E-state index contributed by atoms with van der Waals surface area (Å²) in [6.07, 6.45) is 8.07. The first-order valence-corrected chi connectivity index (χ1v) is 19.1. The highest BCUT2D eigenvalue weighted by atomic mass is 16.5. The van der Waals surface area contributed by atoms with Crippen molar-refractivity contribution in [1.29, 1.82) is 0 Å². The summed E-state index contributed by atoms with van der Waals surface area (Å²) >= 11 is 0. The monoisotopic (exact) mass is 804 g/mol. The highest BCUT2D eigenvalue weighted by molar-refractivity contribution is 5.92. The fourth-order valence-electron chi connectivity index (χ4n) is 7.10. The van der Waals surface area contributed by atoms with E-state index < -0.39 is 5.97 Å². The van der Waals surface area contributed by atoms with E-state index in [1.54, 1.807) is 18.7 Å². The molecule has 2 aliphatic heterocycles. The van der Waals surface area contributed by atoms with Crippen LogP contribution in [0.2, 0.25) is 0 Å². The lowest BCUT2D eigenvalue weighted by atomic mass is 10.1. The molecule has 0 unspecified atom stereocenters. The molecular formula is C45H44N10O5. The lowest BCUT2D eigenvalue weighted by molar-refractivity contribution is 0.0685. The average molecular weight is 805 g/mol. The number of nitrogens with zero attached hydrogens (tertiary/aromatic N) is 8. The second-order valence-corrected chi connectivity index (χ2v) is 14.1. The standard InChI is InChI=1S/C22H19N5O2.C11H12N4.C11H9NO3.CH4/c28-22(19-13-17(29-26-19)12-15-6-2-1-3-7-15)24-18-11-10-16-8-4-5-9-20(16)27-14-23-25-21(18)27;12-9-6-5-8-3-1-2-4-10(8)15-7-13-14-11(9)15;13-11(14)10-7-9(15-12-10)6-8-4-2-1-3-5-8;/h1-9,13-14,18H,10-12H2,(H,24,28);1-4,7,9H,5-6,12H2;1-5,7H,6H2,(H,13,14);1H4/t18-;9-;;/m11../s1. The SMILES string of the molecule is C.N[C@@H]1CCc2ccccc2-n2cnnc21.O=C(N[C@@H]1CCc2ccccc2-n2cnnc21)c1cc(Cc2ccccc2)on1.O=C(O)c1cc(Cc2ccccc2)on1. The number of hydrogen-bond acceptors (Lipinski definition) is 11. The summed E-state index contributed by atoms with van der Waals surface area (Å²) in [6, 6.07) is 38.9. The molecule has 1 amide bonds. The van der Waals surface area contributed by atoms with Gasteiger partial charge in [-0.25, -0.2) is 4.79 Å². The molecule has 6 heterocycles. The Morgan fingerprint density at radius 2 is 1.15 bits per heavy atom. The van der Waals surface area contributed by atoms with E-state index in [0.29, 0.717) is 24.4 Å². The predicted octanol–water partition coefficient (Wildman–Crippen LogP) is 7.08. The number of amides is 1. The third-order valence-electron chi connectivity index (χ3n) is 10.0. The summed E-state index contributed by atoms with van der Waals surface area (Å²) in [5, 5.41) is 35.4.